The number of hydrogen-bond donors (Lipinski definition) is 1. The minimum absolute atomic E-state index is 0.00662. The van der Waals surface area contributed by atoms with Crippen molar-refractivity contribution in [3.8, 4) is 0 Å². The molecule has 16 heavy (non-hydrogen) atoms. The molecule has 4 nitrogen and oxygen atoms in total. The van der Waals surface area contributed by atoms with Gasteiger partial charge in [0.2, 0.25) is 5.91 Å². The minimum atomic E-state index is 0.00662. The fourth-order valence-corrected chi connectivity index (χ4v) is 2.75. The number of ether oxygens (including phenoxy) is 1. The number of likely N-dealkylation sites (tertiary alicyclic amines) is 1. The zero-order valence-corrected chi connectivity index (χ0v) is 9.89. The van der Waals surface area contributed by atoms with Crippen LogP contribution in [0.15, 0.2) is 0 Å². The molecule has 0 aliphatic carbocycles. The van der Waals surface area contributed by atoms with Gasteiger partial charge in [-0.1, -0.05) is 0 Å². The van der Waals surface area contributed by atoms with E-state index in [2.05, 4.69) is 0 Å². The Morgan fingerprint density at radius 3 is 2.88 bits per heavy atom. The Morgan fingerprint density at radius 1 is 1.44 bits per heavy atom. The lowest BCUT2D eigenvalue weighted by molar-refractivity contribution is -0.141. The lowest BCUT2D eigenvalue weighted by Crippen LogP contribution is -2.49. The van der Waals surface area contributed by atoms with Crippen LogP contribution in [0.4, 0.5) is 0 Å². The Labute approximate surface area is 96.6 Å². The van der Waals surface area contributed by atoms with E-state index < -0.39 is 0 Å². The number of piperidine rings is 1. The SMILES string of the molecule is CC1OCCC1C(=O)N1CCCCC1CO. The molecule has 2 rings (SSSR count). The van der Waals surface area contributed by atoms with Crippen LogP contribution >= 0.6 is 0 Å². The summed E-state index contributed by atoms with van der Waals surface area (Å²) in [4.78, 5) is 14.2. The lowest BCUT2D eigenvalue weighted by Gasteiger charge is -2.36. The highest BCUT2D eigenvalue weighted by Crippen LogP contribution is 2.26. The van der Waals surface area contributed by atoms with Crippen molar-refractivity contribution in [3.63, 3.8) is 0 Å². The first-order chi connectivity index (χ1) is 7.74. The maximum absolute atomic E-state index is 12.3. The van der Waals surface area contributed by atoms with E-state index in [-0.39, 0.29) is 30.6 Å². The van der Waals surface area contributed by atoms with Crippen LogP contribution in [0.5, 0.6) is 0 Å². The number of hydrogen-bond acceptors (Lipinski definition) is 3. The van der Waals surface area contributed by atoms with E-state index in [0.29, 0.717) is 6.61 Å². The van der Waals surface area contributed by atoms with E-state index in [4.69, 9.17) is 4.74 Å². The van der Waals surface area contributed by atoms with Crippen molar-refractivity contribution in [2.24, 2.45) is 5.92 Å². The summed E-state index contributed by atoms with van der Waals surface area (Å²) in [6.45, 7) is 3.55. The molecule has 2 fully saturated rings. The van der Waals surface area contributed by atoms with Gasteiger partial charge >= 0.3 is 0 Å². The Balaban J connectivity index is 2.01. The van der Waals surface area contributed by atoms with E-state index in [1.165, 1.54) is 0 Å². The molecule has 2 aliphatic rings. The third-order valence-electron chi connectivity index (χ3n) is 3.81. The summed E-state index contributed by atoms with van der Waals surface area (Å²) >= 11 is 0. The summed E-state index contributed by atoms with van der Waals surface area (Å²) in [6, 6.07) is 0.0362. The summed E-state index contributed by atoms with van der Waals surface area (Å²) < 4.78 is 5.44. The van der Waals surface area contributed by atoms with Gasteiger partial charge in [-0.25, -0.2) is 0 Å². The van der Waals surface area contributed by atoms with Crippen LogP contribution in [0.2, 0.25) is 0 Å². The largest absolute Gasteiger partial charge is 0.394 e. The number of nitrogens with zero attached hydrogens (tertiary/aromatic N) is 1. The molecule has 0 aromatic carbocycles. The summed E-state index contributed by atoms with van der Waals surface area (Å²) in [5, 5.41) is 9.29. The van der Waals surface area contributed by atoms with E-state index in [1.54, 1.807) is 0 Å². The quantitative estimate of drug-likeness (QED) is 0.758. The van der Waals surface area contributed by atoms with Gasteiger partial charge < -0.3 is 14.7 Å². The van der Waals surface area contributed by atoms with E-state index in [0.717, 1.165) is 32.2 Å². The van der Waals surface area contributed by atoms with Crippen molar-refractivity contribution in [2.45, 2.75) is 44.8 Å². The van der Waals surface area contributed by atoms with E-state index >= 15 is 0 Å². The maximum atomic E-state index is 12.3. The minimum Gasteiger partial charge on any atom is -0.394 e. The second-order valence-electron chi connectivity index (χ2n) is 4.83. The molecular weight excluding hydrogens is 206 g/mol. The van der Waals surface area contributed by atoms with Gasteiger partial charge in [-0.15, -0.1) is 0 Å². The lowest BCUT2D eigenvalue weighted by atomic mass is 9.96. The van der Waals surface area contributed by atoms with Crippen molar-refractivity contribution in [1.29, 1.82) is 0 Å². The van der Waals surface area contributed by atoms with Crippen molar-refractivity contribution >= 4 is 5.91 Å². The van der Waals surface area contributed by atoms with Crippen LogP contribution in [0.1, 0.15) is 32.6 Å². The Hall–Kier alpha value is -0.610. The number of aliphatic hydroxyl groups excluding tert-OH is 1. The van der Waals surface area contributed by atoms with Crippen LogP contribution in [0.25, 0.3) is 0 Å². The highest BCUT2D eigenvalue weighted by Gasteiger charge is 2.36. The Morgan fingerprint density at radius 2 is 2.25 bits per heavy atom. The first kappa shape index (κ1) is 11.9. The predicted octanol–water partition coefficient (Wildman–Crippen LogP) is 0.785. The van der Waals surface area contributed by atoms with Crippen LogP contribution in [0.3, 0.4) is 0 Å². The number of rotatable bonds is 2. The molecule has 92 valence electrons. The molecule has 0 saturated carbocycles. The number of carbonyl (C=O) groups excluding carboxylic acids is 1. The standard InChI is InChI=1S/C12H21NO3/c1-9-11(5-7-16-9)12(15)13-6-3-2-4-10(13)8-14/h9-11,14H,2-8H2,1H3. The number of aliphatic hydroxyl groups is 1. The van der Waals surface area contributed by atoms with E-state index in [9.17, 15) is 9.90 Å². The topological polar surface area (TPSA) is 49.8 Å². The molecule has 0 aromatic rings. The molecule has 0 spiro atoms. The Kier molecular flexibility index (Phi) is 3.82. The maximum Gasteiger partial charge on any atom is 0.228 e. The third-order valence-corrected chi connectivity index (χ3v) is 3.81. The zero-order valence-electron chi connectivity index (χ0n) is 9.89. The third kappa shape index (κ3) is 2.23. The molecule has 1 amide bonds. The monoisotopic (exact) mass is 227 g/mol. The van der Waals surface area contributed by atoms with Gasteiger partial charge in [0, 0.05) is 13.2 Å². The van der Waals surface area contributed by atoms with Gasteiger partial charge in [-0.3, -0.25) is 4.79 Å². The van der Waals surface area contributed by atoms with Gasteiger partial charge in [0.1, 0.15) is 0 Å². The molecule has 3 atom stereocenters. The fraction of sp³-hybridized carbons (Fsp3) is 0.917. The van der Waals surface area contributed by atoms with E-state index in [1.807, 2.05) is 11.8 Å². The highest BCUT2D eigenvalue weighted by atomic mass is 16.5. The van der Waals surface area contributed by atoms with Gasteiger partial charge in [0.25, 0.3) is 0 Å². The van der Waals surface area contributed by atoms with Crippen LogP contribution in [0, 0.1) is 5.92 Å². The summed E-state index contributed by atoms with van der Waals surface area (Å²) in [5.74, 6) is 0.191. The summed E-state index contributed by atoms with van der Waals surface area (Å²) in [6.07, 6.45) is 3.98. The van der Waals surface area contributed by atoms with Crippen LogP contribution in [-0.2, 0) is 9.53 Å². The molecule has 4 heteroatoms. The smallest absolute Gasteiger partial charge is 0.228 e. The van der Waals surface area contributed by atoms with Gasteiger partial charge in [-0.2, -0.15) is 0 Å². The molecule has 2 saturated heterocycles. The van der Waals surface area contributed by atoms with Crippen molar-refractivity contribution in [3.05, 3.63) is 0 Å². The zero-order chi connectivity index (χ0) is 11.5. The van der Waals surface area contributed by atoms with Gasteiger partial charge in [-0.05, 0) is 32.6 Å². The normalized spacial score (nSPS) is 35.4. The highest BCUT2D eigenvalue weighted by molar-refractivity contribution is 5.80. The molecule has 2 aliphatic heterocycles. The fourth-order valence-electron chi connectivity index (χ4n) is 2.75. The van der Waals surface area contributed by atoms with Crippen molar-refractivity contribution in [2.75, 3.05) is 19.8 Å². The summed E-state index contributed by atoms with van der Waals surface area (Å²) in [7, 11) is 0. The van der Waals surface area contributed by atoms with Crippen molar-refractivity contribution in [1.82, 2.24) is 4.90 Å². The Bertz CT molecular complexity index is 257. The molecule has 1 N–H and O–H groups in total. The number of carbonyl (C=O) groups is 1. The summed E-state index contributed by atoms with van der Waals surface area (Å²) in [5.41, 5.74) is 0. The van der Waals surface area contributed by atoms with Crippen molar-refractivity contribution < 1.29 is 14.6 Å². The van der Waals surface area contributed by atoms with Crippen LogP contribution in [-0.4, -0.2) is 47.8 Å². The van der Waals surface area contributed by atoms with Gasteiger partial charge in [0.05, 0.1) is 24.7 Å². The average molecular weight is 227 g/mol. The first-order valence-corrected chi connectivity index (χ1v) is 6.27. The first-order valence-electron chi connectivity index (χ1n) is 6.27. The molecule has 3 unspecified atom stereocenters. The van der Waals surface area contributed by atoms with Crippen LogP contribution < -0.4 is 0 Å². The molecular formula is C12H21NO3. The van der Waals surface area contributed by atoms with Gasteiger partial charge in [0.15, 0.2) is 0 Å². The molecule has 0 radical (unpaired) electrons. The second kappa shape index (κ2) is 5.15. The molecule has 0 aromatic heterocycles. The molecule has 2 heterocycles. The predicted molar refractivity (Wildman–Crippen MR) is 60.0 cm³/mol. The second-order valence-corrected chi connectivity index (χ2v) is 4.83. The molecule has 0 bridgehead atoms. The number of amides is 1. The average Bonchev–Trinajstić information content (AvgIpc) is 2.74.